The van der Waals surface area contributed by atoms with Gasteiger partial charge in [0.25, 0.3) is 5.69 Å². The first-order chi connectivity index (χ1) is 9.49. The second-order valence-corrected chi connectivity index (χ2v) is 5.04. The van der Waals surface area contributed by atoms with Gasteiger partial charge >= 0.3 is 0 Å². The molecule has 0 aromatic heterocycles. The van der Waals surface area contributed by atoms with Crippen molar-refractivity contribution in [2.24, 2.45) is 5.73 Å². The lowest BCUT2D eigenvalue weighted by molar-refractivity contribution is -0.384. The fraction of sp³-hybridized carbons (Fsp3) is 0.250. The van der Waals surface area contributed by atoms with E-state index in [1.165, 1.54) is 17.2 Å². The molecule has 4 heteroatoms. The Bertz CT molecular complexity index is 638. The van der Waals surface area contributed by atoms with Gasteiger partial charge in [0.2, 0.25) is 0 Å². The van der Waals surface area contributed by atoms with Crippen LogP contribution < -0.4 is 5.73 Å². The highest BCUT2D eigenvalue weighted by molar-refractivity contribution is 5.41. The molecule has 2 aromatic rings. The Balaban J connectivity index is 2.29. The Morgan fingerprint density at radius 1 is 1.15 bits per heavy atom. The van der Waals surface area contributed by atoms with Gasteiger partial charge in [0, 0.05) is 18.2 Å². The van der Waals surface area contributed by atoms with Crippen LogP contribution in [-0.4, -0.2) is 4.92 Å². The molecule has 0 aliphatic carbocycles. The minimum atomic E-state index is -0.385. The zero-order valence-electron chi connectivity index (χ0n) is 11.7. The van der Waals surface area contributed by atoms with E-state index in [1.807, 2.05) is 38.1 Å². The second-order valence-electron chi connectivity index (χ2n) is 5.04. The third kappa shape index (κ3) is 3.03. The summed E-state index contributed by atoms with van der Waals surface area (Å²) >= 11 is 0. The first-order valence-electron chi connectivity index (χ1n) is 6.54. The van der Waals surface area contributed by atoms with E-state index in [9.17, 15) is 10.1 Å². The molecule has 0 aliphatic heterocycles. The van der Waals surface area contributed by atoms with Gasteiger partial charge in [0.05, 0.1) is 4.92 Å². The molecule has 1 atom stereocenters. The quantitative estimate of drug-likeness (QED) is 0.683. The average Bonchev–Trinajstić information content (AvgIpc) is 2.41. The molecule has 0 spiro atoms. The average molecular weight is 270 g/mol. The molecule has 0 aliphatic rings. The number of nitrogens with zero attached hydrogens (tertiary/aromatic N) is 1. The van der Waals surface area contributed by atoms with Crippen molar-refractivity contribution < 1.29 is 4.92 Å². The van der Waals surface area contributed by atoms with E-state index in [2.05, 4.69) is 0 Å². The lowest BCUT2D eigenvalue weighted by Gasteiger charge is -2.16. The highest BCUT2D eigenvalue weighted by Crippen LogP contribution is 2.25. The first kappa shape index (κ1) is 14.2. The molecular formula is C16H18N2O2. The van der Waals surface area contributed by atoms with Crippen molar-refractivity contribution in [1.29, 1.82) is 0 Å². The molecule has 2 aromatic carbocycles. The fourth-order valence-corrected chi connectivity index (χ4v) is 2.33. The Kier molecular flexibility index (Phi) is 4.15. The number of nitrogens with two attached hydrogens (primary N) is 1. The van der Waals surface area contributed by atoms with Gasteiger partial charge < -0.3 is 5.73 Å². The largest absolute Gasteiger partial charge is 0.324 e. The Labute approximate surface area is 118 Å². The molecule has 0 bridgehead atoms. The molecule has 2 rings (SSSR count). The highest BCUT2D eigenvalue weighted by Gasteiger charge is 2.15. The molecule has 4 nitrogen and oxygen atoms in total. The number of nitro groups is 1. The molecule has 104 valence electrons. The summed E-state index contributed by atoms with van der Waals surface area (Å²) in [6.45, 7) is 3.97. The van der Waals surface area contributed by atoms with E-state index in [0.29, 0.717) is 6.42 Å². The number of aryl methyl sites for hydroxylation is 2. The Morgan fingerprint density at radius 2 is 1.85 bits per heavy atom. The van der Waals surface area contributed by atoms with Gasteiger partial charge in [-0.05, 0) is 42.5 Å². The maximum atomic E-state index is 10.9. The minimum absolute atomic E-state index is 0.0887. The molecule has 0 heterocycles. The van der Waals surface area contributed by atoms with Crippen LogP contribution in [0.1, 0.15) is 28.3 Å². The van der Waals surface area contributed by atoms with E-state index in [4.69, 9.17) is 5.73 Å². The minimum Gasteiger partial charge on any atom is -0.324 e. The maximum absolute atomic E-state index is 10.9. The van der Waals surface area contributed by atoms with E-state index >= 15 is 0 Å². The molecule has 0 radical (unpaired) electrons. The summed E-state index contributed by atoms with van der Waals surface area (Å²) in [6, 6.07) is 12.7. The van der Waals surface area contributed by atoms with Gasteiger partial charge in [-0.25, -0.2) is 0 Å². The zero-order valence-corrected chi connectivity index (χ0v) is 11.7. The topological polar surface area (TPSA) is 69.2 Å². The summed E-state index contributed by atoms with van der Waals surface area (Å²) in [4.78, 5) is 10.5. The normalized spacial score (nSPS) is 12.2. The van der Waals surface area contributed by atoms with Crippen LogP contribution in [0.25, 0.3) is 0 Å². The van der Waals surface area contributed by atoms with Gasteiger partial charge in [-0.2, -0.15) is 0 Å². The number of nitro benzene ring substituents is 1. The summed E-state index contributed by atoms with van der Waals surface area (Å²) in [5, 5.41) is 10.9. The Hall–Kier alpha value is -2.20. The smallest absolute Gasteiger partial charge is 0.269 e. The molecule has 0 saturated carbocycles. The van der Waals surface area contributed by atoms with Crippen LogP contribution >= 0.6 is 0 Å². The molecular weight excluding hydrogens is 252 g/mol. The lowest BCUT2D eigenvalue weighted by atomic mass is 9.94. The third-order valence-corrected chi connectivity index (χ3v) is 3.57. The van der Waals surface area contributed by atoms with Crippen LogP contribution in [0.3, 0.4) is 0 Å². The molecule has 0 saturated heterocycles. The summed E-state index contributed by atoms with van der Waals surface area (Å²) < 4.78 is 0. The Morgan fingerprint density at radius 3 is 2.50 bits per heavy atom. The fourth-order valence-electron chi connectivity index (χ4n) is 2.33. The summed E-state index contributed by atoms with van der Waals surface area (Å²) in [7, 11) is 0. The van der Waals surface area contributed by atoms with Crippen molar-refractivity contribution in [3.8, 4) is 0 Å². The number of hydrogen-bond acceptors (Lipinski definition) is 3. The summed E-state index contributed by atoms with van der Waals surface area (Å²) in [5.74, 6) is 0. The van der Waals surface area contributed by atoms with Crippen molar-refractivity contribution in [3.63, 3.8) is 0 Å². The summed E-state index contributed by atoms with van der Waals surface area (Å²) in [6.07, 6.45) is 0.675. The molecule has 2 N–H and O–H groups in total. The van der Waals surface area contributed by atoms with Crippen LogP contribution in [-0.2, 0) is 6.42 Å². The van der Waals surface area contributed by atoms with Gasteiger partial charge in [-0.15, -0.1) is 0 Å². The molecule has 20 heavy (non-hydrogen) atoms. The van der Waals surface area contributed by atoms with Gasteiger partial charge in [-0.3, -0.25) is 10.1 Å². The van der Waals surface area contributed by atoms with E-state index in [1.54, 1.807) is 12.1 Å². The van der Waals surface area contributed by atoms with Crippen molar-refractivity contribution in [3.05, 3.63) is 74.8 Å². The monoisotopic (exact) mass is 270 g/mol. The number of non-ortho nitro benzene ring substituents is 1. The predicted molar refractivity (Wildman–Crippen MR) is 79.6 cm³/mol. The van der Waals surface area contributed by atoms with Crippen LogP contribution in [0, 0.1) is 24.0 Å². The van der Waals surface area contributed by atoms with Crippen LogP contribution in [0.4, 0.5) is 5.69 Å². The number of rotatable bonds is 4. The van der Waals surface area contributed by atoms with E-state index < -0.39 is 0 Å². The predicted octanol–water partition coefficient (Wildman–Crippen LogP) is 3.45. The zero-order chi connectivity index (χ0) is 14.7. The second kappa shape index (κ2) is 5.84. The van der Waals surface area contributed by atoms with Crippen LogP contribution in [0.5, 0.6) is 0 Å². The van der Waals surface area contributed by atoms with Gasteiger partial charge in [-0.1, -0.05) is 30.3 Å². The van der Waals surface area contributed by atoms with Crippen molar-refractivity contribution in [2.45, 2.75) is 26.3 Å². The molecule has 1 unspecified atom stereocenters. The number of hydrogen-bond donors (Lipinski definition) is 1. The van der Waals surface area contributed by atoms with Crippen molar-refractivity contribution in [1.82, 2.24) is 0 Å². The van der Waals surface area contributed by atoms with Crippen molar-refractivity contribution >= 4 is 5.69 Å². The van der Waals surface area contributed by atoms with Crippen LogP contribution in [0.15, 0.2) is 42.5 Å². The lowest BCUT2D eigenvalue weighted by Crippen LogP contribution is -2.15. The van der Waals surface area contributed by atoms with E-state index in [-0.39, 0.29) is 16.7 Å². The van der Waals surface area contributed by atoms with Gasteiger partial charge in [0.15, 0.2) is 0 Å². The molecule has 0 amide bonds. The third-order valence-electron chi connectivity index (χ3n) is 3.57. The van der Waals surface area contributed by atoms with Crippen LogP contribution in [0.2, 0.25) is 0 Å². The van der Waals surface area contributed by atoms with Gasteiger partial charge in [0.1, 0.15) is 0 Å². The summed E-state index contributed by atoms with van der Waals surface area (Å²) in [5.41, 5.74) is 10.5. The molecule has 0 fully saturated rings. The maximum Gasteiger partial charge on any atom is 0.269 e. The highest BCUT2D eigenvalue weighted by atomic mass is 16.6. The van der Waals surface area contributed by atoms with Crippen molar-refractivity contribution in [2.75, 3.05) is 0 Å². The van der Waals surface area contributed by atoms with E-state index in [0.717, 1.165) is 11.1 Å². The standard InChI is InChI=1S/C16H18N2O2/c1-11-5-3-4-6-13(11)9-16(17)15-10-14(18(19)20)8-7-12(15)2/h3-8,10,16H,9,17H2,1-2H3. The SMILES string of the molecule is Cc1ccccc1CC(N)c1cc([N+](=O)[O-])ccc1C. The number of benzene rings is 2. The first-order valence-corrected chi connectivity index (χ1v) is 6.54.